The minimum atomic E-state index is 0. The third-order valence-corrected chi connectivity index (χ3v) is 4.23. The summed E-state index contributed by atoms with van der Waals surface area (Å²) in [7, 11) is 1.66. The molecule has 1 aliphatic heterocycles. The van der Waals surface area contributed by atoms with Crippen molar-refractivity contribution >= 4 is 18.3 Å². The number of carbonyl (C=O) groups is 1. The second-order valence-electron chi connectivity index (χ2n) is 6.00. The highest BCUT2D eigenvalue weighted by Crippen LogP contribution is 2.29. The molecule has 0 radical (unpaired) electrons. The van der Waals surface area contributed by atoms with Crippen molar-refractivity contribution in [1.29, 1.82) is 0 Å². The lowest BCUT2D eigenvalue weighted by Gasteiger charge is -2.27. The maximum atomic E-state index is 12.6. The van der Waals surface area contributed by atoms with E-state index in [0.29, 0.717) is 25.6 Å². The van der Waals surface area contributed by atoms with Crippen molar-refractivity contribution in [1.82, 2.24) is 10.2 Å². The van der Waals surface area contributed by atoms with E-state index in [0.717, 1.165) is 37.2 Å². The van der Waals surface area contributed by atoms with Crippen LogP contribution in [0.3, 0.4) is 0 Å². The number of halogens is 1. The third-order valence-electron chi connectivity index (χ3n) is 4.23. The van der Waals surface area contributed by atoms with Crippen molar-refractivity contribution in [2.45, 2.75) is 38.0 Å². The van der Waals surface area contributed by atoms with Crippen LogP contribution in [0.25, 0.3) is 0 Å². The molecule has 0 bridgehead atoms. The second kappa shape index (κ2) is 8.52. The molecule has 1 aromatic rings. The number of ether oxygens (including phenoxy) is 2. The fourth-order valence-electron chi connectivity index (χ4n) is 2.80. The quantitative estimate of drug-likeness (QED) is 0.860. The molecule has 5 nitrogen and oxygen atoms in total. The Morgan fingerprint density at radius 2 is 2.09 bits per heavy atom. The predicted octanol–water partition coefficient (Wildman–Crippen LogP) is 1.99. The maximum absolute atomic E-state index is 12.6. The predicted molar refractivity (Wildman–Crippen MR) is 91.0 cm³/mol. The smallest absolute Gasteiger partial charge is 0.225 e. The zero-order valence-electron chi connectivity index (χ0n) is 13.5. The number of carbonyl (C=O) groups excluding carboxylic acids is 1. The summed E-state index contributed by atoms with van der Waals surface area (Å²) >= 11 is 0. The van der Waals surface area contributed by atoms with Gasteiger partial charge in [-0.15, -0.1) is 12.4 Å². The molecule has 2 aliphatic rings. The molecule has 1 saturated carbocycles. The molecule has 1 amide bonds. The van der Waals surface area contributed by atoms with Crippen molar-refractivity contribution in [3.05, 3.63) is 29.8 Å². The number of morpholine rings is 1. The van der Waals surface area contributed by atoms with Gasteiger partial charge in [0.15, 0.2) is 0 Å². The van der Waals surface area contributed by atoms with Crippen LogP contribution in [0.4, 0.5) is 0 Å². The lowest BCUT2D eigenvalue weighted by atomic mass is 10.1. The molecule has 1 aromatic carbocycles. The normalized spacial score (nSPS) is 20.5. The zero-order valence-corrected chi connectivity index (χ0v) is 14.3. The van der Waals surface area contributed by atoms with Crippen LogP contribution in [0.15, 0.2) is 24.3 Å². The average Bonchev–Trinajstić information content (AvgIpc) is 3.39. The highest BCUT2D eigenvalue weighted by atomic mass is 35.5. The summed E-state index contributed by atoms with van der Waals surface area (Å²) in [4.78, 5) is 14.6. The number of nitrogens with one attached hydrogen (secondary N) is 1. The van der Waals surface area contributed by atoms with E-state index in [1.165, 1.54) is 0 Å². The van der Waals surface area contributed by atoms with Crippen LogP contribution in [-0.4, -0.2) is 49.8 Å². The van der Waals surface area contributed by atoms with Gasteiger partial charge in [-0.25, -0.2) is 0 Å². The Bertz CT molecular complexity index is 499. The van der Waals surface area contributed by atoms with E-state index >= 15 is 0 Å². The summed E-state index contributed by atoms with van der Waals surface area (Å²) < 4.78 is 10.8. The highest BCUT2D eigenvalue weighted by Gasteiger charge is 2.33. The molecule has 0 aromatic heterocycles. The van der Waals surface area contributed by atoms with Crippen LogP contribution >= 0.6 is 12.4 Å². The van der Waals surface area contributed by atoms with Gasteiger partial charge >= 0.3 is 0 Å². The van der Waals surface area contributed by atoms with E-state index < -0.39 is 0 Å². The first-order valence-electron chi connectivity index (χ1n) is 8.01. The molecule has 1 N–H and O–H groups in total. The van der Waals surface area contributed by atoms with Crippen LogP contribution in [0.5, 0.6) is 5.75 Å². The summed E-state index contributed by atoms with van der Waals surface area (Å²) in [6.45, 7) is 3.02. The van der Waals surface area contributed by atoms with Gasteiger partial charge in [-0.1, -0.05) is 12.1 Å². The SMILES string of the molecule is COc1ccc(CN(C(=O)CC2CNCCO2)C2CC2)cc1.Cl. The maximum Gasteiger partial charge on any atom is 0.225 e. The van der Waals surface area contributed by atoms with Gasteiger partial charge in [0.1, 0.15) is 5.75 Å². The van der Waals surface area contributed by atoms with Gasteiger partial charge in [0, 0.05) is 25.7 Å². The summed E-state index contributed by atoms with van der Waals surface area (Å²) in [6.07, 6.45) is 2.72. The molecule has 0 spiro atoms. The molecule has 1 heterocycles. The molecule has 1 unspecified atom stereocenters. The molecule has 2 fully saturated rings. The topological polar surface area (TPSA) is 50.8 Å². The van der Waals surface area contributed by atoms with E-state index in [9.17, 15) is 4.79 Å². The minimum Gasteiger partial charge on any atom is -0.497 e. The molecule has 128 valence electrons. The van der Waals surface area contributed by atoms with Gasteiger partial charge < -0.3 is 19.7 Å². The van der Waals surface area contributed by atoms with E-state index in [4.69, 9.17) is 9.47 Å². The number of methoxy groups -OCH3 is 1. The van der Waals surface area contributed by atoms with E-state index in [2.05, 4.69) is 5.32 Å². The van der Waals surface area contributed by atoms with Crippen LogP contribution in [0.1, 0.15) is 24.8 Å². The van der Waals surface area contributed by atoms with Gasteiger partial charge in [0.2, 0.25) is 5.91 Å². The standard InChI is InChI=1S/C17H24N2O3.ClH/c1-21-15-6-2-13(3-7-15)12-19(14-4-5-14)17(20)10-16-11-18-8-9-22-16;/h2-3,6-7,14,16,18H,4-5,8-12H2,1H3;1H. The van der Waals surface area contributed by atoms with Crippen molar-refractivity contribution in [3.63, 3.8) is 0 Å². The summed E-state index contributed by atoms with van der Waals surface area (Å²) in [5, 5.41) is 3.28. The Morgan fingerprint density at radius 1 is 1.35 bits per heavy atom. The van der Waals surface area contributed by atoms with Crippen LogP contribution in [-0.2, 0) is 16.1 Å². The van der Waals surface area contributed by atoms with Gasteiger partial charge in [-0.2, -0.15) is 0 Å². The number of benzene rings is 1. The highest BCUT2D eigenvalue weighted by molar-refractivity contribution is 5.85. The molecule has 6 heteroatoms. The molecule has 1 saturated heterocycles. The largest absolute Gasteiger partial charge is 0.497 e. The number of hydrogen-bond donors (Lipinski definition) is 1. The lowest BCUT2D eigenvalue weighted by Crippen LogP contribution is -2.42. The van der Waals surface area contributed by atoms with Gasteiger partial charge in [0.05, 0.1) is 26.2 Å². The molecule has 1 aliphatic carbocycles. The second-order valence-corrected chi connectivity index (χ2v) is 6.00. The zero-order chi connectivity index (χ0) is 15.4. The Balaban J connectivity index is 0.00000192. The fraction of sp³-hybridized carbons (Fsp3) is 0.588. The number of hydrogen-bond acceptors (Lipinski definition) is 4. The summed E-state index contributed by atoms with van der Waals surface area (Å²) in [5.74, 6) is 1.04. The van der Waals surface area contributed by atoms with Crippen LogP contribution in [0, 0.1) is 0 Å². The van der Waals surface area contributed by atoms with Gasteiger partial charge in [-0.05, 0) is 30.5 Å². The van der Waals surface area contributed by atoms with E-state index in [1.54, 1.807) is 7.11 Å². The van der Waals surface area contributed by atoms with Crippen LogP contribution < -0.4 is 10.1 Å². The Kier molecular flexibility index (Phi) is 6.69. The summed E-state index contributed by atoms with van der Waals surface area (Å²) in [6, 6.07) is 8.35. The minimum absolute atomic E-state index is 0. The van der Waals surface area contributed by atoms with E-state index in [1.807, 2.05) is 29.2 Å². The number of nitrogens with zero attached hydrogens (tertiary/aromatic N) is 1. The van der Waals surface area contributed by atoms with Crippen molar-refractivity contribution in [2.75, 3.05) is 26.8 Å². The van der Waals surface area contributed by atoms with Crippen molar-refractivity contribution in [3.8, 4) is 5.75 Å². The number of amides is 1. The van der Waals surface area contributed by atoms with Gasteiger partial charge in [0.25, 0.3) is 0 Å². The Labute approximate surface area is 143 Å². The van der Waals surface area contributed by atoms with Crippen molar-refractivity contribution in [2.24, 2.45) is 0 Å². The molecule has 3 rings (SSSR count). The number of rotatable bonds is 6. The molecule has 23 heavy (non-hydrogen) atoms. The Morgan fingerprint density at radius 3 is 2.65 bits per heavy atom. The Hall–Kier alpha value is -1.30. The third kappa shape index (κ3) is 5.09. The van der Waals surface area contributed by atoms with Crippen molar-refractivity contribution < 1.29 is 14.3 Å². The van der Waals surface area contributed by atoms with E-state index in [-0.39, 0.29) is 24.4 Å². The van der Waals surface area contributed by atoms with Gasteiger partial charge in [-0.3, -0.25) is 4.79 Å². The first-order valence-corrected chi connectivity index (χ1v) is 8.01. The molecule has 1 atom stereocenters. The van der Waals surface area contributed by atoms with Crippen LogP contribution in [0.2, 0.25) is 0 Å². The lowest BCUT2D eigenvalue weighted by molar-refractivity contribution is -0.136. The first kappa shape index (κ1) is 18.0. The summed E-state index contributed by atoms with van der Waals surface area (Å²) in [5.41, 5.74) is 1.14. The molecular formula is C17H25ClN2O3. The molecular weight excluding hydrogens is 316 g/mol. The monoisotopic (exact) mass is 340 g/mol. The average molecular weight is 341 g/mol. The fourth-order valence-corrected chi connectivity index (χ4v) is 2.80. The first-order chi connectivity index (χ1) is 10.8.